The predicted molar refractivity (Wildman–Crippen MR) is 79.8 cm³/mol. The number of H-pyrrole nitrogens is 1. The standard InChI is InChI=1S/C14H20N6/c1-2-7-16-13-17-12(11-6-5-8-15-11)18-14(19-13)20-9-3-4-10-20/h5-6,8,15H,2-4,7,9-10H2,1H3,(H,16,17,18,19). The lowest BCUT2D eigenvalue weighted by molar-refractivity contribution is 0.872. The summed E-state index contributed by atoms with van der Waals surface area (Å²) in [5.74, 6) is 2.14. The quantitative estimate of drug-likeness (QED) is 0.874. The van der Waals surface area contributed by atoms with Gasteiger partial charge in [-0.25, -0.2) is 0 Å². The molecule has 0 radical (unpaired) electrons. The maximum absolute atomic E-state index is 4.60. The number of nitrogens with zero attached hydrogens (tertiary/aromatic N) is 4. The van der Waals surface area contributed by atoms with Gasteiger partial charge in [0.25, 0.3) is 0 Å². The number of hydrogen-bond acceptors (Lipinski definition) is 5. The molecule has 6 heteroatoms. The van der Waals surface area contributed by atoms with Gasteiger partial charge in [0.1, 0.15) is 0 Å². The van der Waals surface area contributed by atoms with E-state index in [0.29, 0.717) is 11.8 Å². The first-order chi connectivity index (χ1) is 9.86. The molecular formula is C14H20N6. The molecule has 3 rings (SSSR count). The zero-order valence-corrected chi connectivity index (χ0v) is 11.8. The van der Waals surface area contributed by atoms with Crippen molar-refractivity contribution in [1.29, 1.82) is 0 Å². The second kappa shape index (κ2) is 5.90. The smallest absolute Gasteiger partial charge is 0.230 e. The molecule has 2 aromatic heterocycles. The van der Waals surface area contributed by atoms with E-state index < -0.39 is 0 Å². The highest BCUT2D eigenvalue weighted by Gasteiger charge is 2.18. The number of hydrogen-bond donors (Lipinski definition) is 2. The summed E-state index contributed by atoms with van der Waals surface area (Å²) in [6.07, 6.45) is 5.35. The van der Waals surface area contributed by atoms with E-state index in [1.54, 1.807) is 0 Å². The largest absolute Gasteiger partial charge is 0.359 e. The molecule has 1 saturated heterocycles. The highest BCUT2D eigenvalue weighted by atomic mass is 15.3. The van der Waals surface area contributed by atoms with Crippen molar-refractivity contribution in [2.75, 3.05) is 29.9 Å². The van der Waals surface area contributed by atoms with Crippen molar-refractivity contribution in [2.24, 2.45) is 0 Å². The Kier molecular flexibility index (Phi) is 3.80. The van der Waals surface area contributed by atoms with E-state index in [1.807, 2.05) is 18.3 Å². The van der Waals surface area contributed by atoms with Gasteiger partial charge in [-0.05, 0) is 31.4 Å². The molecule has 20 heavy (non-hydrogen) atoms. The second-order valence-corrected chi connectivity index (χ2v) is 4.99. The van der Waals surface area contributed by atoms with Crippen LogP contribution in [0.5, 0.6) is 0 Å². The molecule has 0 unspecified atom stereocenters. The van der Waals surface area contributed by atoms with Crippen LogP contribution in [-0.4, -0.2) is 39.6 Å². The highest BCUT2D eigenvalue weighted by molar-refractivity contribution is 5.54. The van der Waals surface area contributed by atoms with E-state index in [1.165, 1.54) is 12.8 Å². The summed E-state index contributed by atoms with van der Waals surface area (Å²) >= 11 is 0. The molecule has 3 heterocycles. The zero-order chi connectivity index (χ0) is 13.8. The molecule has 1 aliphatic rings. The Balaban J connectivity index is 1.94. The van der Waals surface area contributed by atoms with Crippen molar-refractivity contribution in [2.45, 2.75) is 26.2 Å². The van der Waals surface area contributed by atoms with Gasteiger partial charge in [-0.1, -0.05) is 6.92 Å². The van der Waals surface area contributed by atoms with Crippen LogP contribution in [0.2, 0.25) is 0 Å². The van der Waals surface area contributed by atoms with Crippen molar-refractivity contribution in [3.63, 3.8) is 0 Å². The molecule has 6 nitrogen and oxygen atoms in total. The molecule has 1 aliphatic heterocycles. The van der Waals surface area contributed by atoms with E-state index >= 15 is 0 Å². The molecular weight excluding hydrogens is 252 g/mol. The van der Waals surface area contributed by atoms with Crippen LogP contribution < -0.4 is 10.2 Å². The lowest BCUT2D eigenvalue weighted by atomic mass is 10.4. The van der Waals surface area contributed by atoms with Gasteiger partial charge in [0.05, 0.1) is 5.69 Å². The highest BCUT2D eigenvalue weighted by Crippen LogP contribution is 2.21. The number of aromatic amines is 1. The topological polar surface area (TPSA) is 69.7 Å². The first kappa shape index (κ1) is 12.9. The van der Waals surface area contributed by atoms with Crippen LogP contribution in [0.4, 0.5) is 11.9 Å². The van der Waals surface area contributed by atoms with Crippen molar-refractivity contribution in [3.8, 4) is 11.5 Å². The normalized spacial score (nSPS) is 14.8. The van der Waals surface area contributed by atoms with Crippen LogP contribution in [0.15, 0.2) is 18.3 Å². The Morgan fingerprint density at radius 3 is 2.80 bits per heavy atom. The lowest BCUT2D eigenvalue weighted by Gasteiger charge is -2.16. The van der Waals surface area contributed by atoms with Crippen LogP contribution in [-0.2, 0) is 0 Å². The number of nitrogens with one attached hydrogen (secondary N) is 2. The molecule has 106 valence electrons. The third-order valence-corrected chi connectivity index (χ3v) is 3.38. The van der Waals surface area contributed by atoms with Gasteiger partial charge < -0.3 is 15.2 Å². The first-order valence-corrected chi connectivity index (χ1v) is 7.25. The average molecular weight is 272 g/mol. The van der Waals surface area contributed by atoms with Gasteiger partial charge in [-0.15, -0.1) is 0 Å². The third-order valence-electron chi connectivity index (χ3n) is 3.38. The molecule has 2 aromatic rings. The fourth-order valence-corrected chi connectivity index (χ4v) is 2.33. The fraction of sp³-hybridized carbons (Fsp3) is 0.500. The maximum Gasteiger partial charge on any atom is 0.230 e. The Morgan fingerprint density at radius 1 is 1.25 bits per heavy atom. The first-order valence-electron chi connectivity index (χ1n) is 7.25. The maximum atomic E-state index is 4.60. The zero-order valence-electron chi connectivity index (χ0n) is 11.8. The van der Waals surface area contributed by atoms with E-state index in [9.17, 15) is 0 Å². The van der Waals surface area contributed by atoms with Crippen LogP contribution in [0.25, 0.3) is 11.5 Å². The van der Waals surface area contributed by atoms with Gasteiger partial charge in [-0.3, -0.25) is 0 Å². The van der Waals surface area contributed by atoms with Crippen LogP contribution in [0.1, 0.15) is 26.2 Å². The van der Waals surface area contributed by atoms with Crippen molar-refractivity contribution in [3.05, 3.63) is 18.3 Å². The summed E-state index contributed by atoms with van der Waals surface area (Å²) < 4.78 is 0. The lowest BCUT2D eigenvalue weighted by Crippen LogP contribution is -2.22. The minimum Gasteiger partial charge on any atom is -0.359 e. The molecule has 1 fully saturated rings. The van der Waals surface area contributed by atoms with E-state index in [-0.39, 0.29) is 0 Å². The minimum atomic E-state index is 0.661. The van der Waals surface area contributed by atoms with Crippen molar-refractivity contribution in [1.82, 2.24) is 19.9 Å². The van der Waals surface area contributed by atoms with Gasteiger partial charge in [-0.2, -0.15) is 15.0 Å². The predicted octanol–water partition coefficient (Wildman–Crippen LogP) is 2.29. The molecule has 0 amide bonds. The molecule has 0 saturated carbocycles. The van der Waals surface area contributed by atoms with E-state index in [0.717, 1.165) is 37.7 Å². The van der Waals surface area contributed by atoms with E-state index in [4.69, 9.17) is 0 Å². The van der Waals surface area contributed by atoms with Crippen LogP contribution in [0, 0.1) is 0 Å². The Labute approximate surface area is 118 Å². The number of rotatable bonds is 5. The molecule has 0 bridgehead atoms. The Bertz CT molecular complexity index is 545. The summed E-state index contributed by atoms with van der Waals surface area (Å²) in [5.41, 5.74) is 0.924. The summed E-state index contributed by atoms with van der Waals surface area (Å²) in [7, 11) is 0. The van der Waals surface area contributed by atoms with Gasteiger partial charge >= 0.3 is 0 Å². The number of anilines is 2. The van der Waals surface area contributed by atoms with E-state index in [2.05, 4.69) is 37.1 Å². The molecule has 0 atom stereocenters. The fourth-order valence-electron chi connectivity index (χ4n) is 2.33. The van der Waals surface area contributed by atoms with Crippen LogP contribution >= 0.6 is 0 Å². The number of aromatic nitrogens is 4. The summed E-state index contributed by atoms with van der Waals surface area (Å²) in [5, 5.41) is 3.26. The summed E-state index contributed by atoms with van der Waals surface area (Å²) in [6, 6.07) is 3.93. The van der Waals surface area contributed by atoms with Gasteiger partial charge in [0, 0.05) is 25.8 Å². The third kappa shape index (κ3) is 2.74. The van der Waals surface area contributed by atoms with Crippen LogP contribution in [0.3, 0.4) is 0 Å². The minimum absolute atomic E-state index is 0.661. The Hall–Kier alpha value is -2.11. The molecule has 0 aliphatic carbocycles. The second-order valence-electron chi connectivity index (χ2n) is 4.99. The summed E-state index contributed by atoms with van der Waals surface area (Å²) in [6.45, 7) is 5.05. The monoisotopic (exact) mass is 272 g/mol. The van der Waals surface area contributed by atoms with Gasteiger partial charge in [0.15, 0.2) is 5.82 Å². The SMILES string of the molecule is CCCNc1nc(-c2ccc[nH]2)nc(N2CCCC2)n1. The van der Waals surface area contributed by atoms with Crippen molar-refractivity contribution < 1.29 is 0 Å². The molecule has 0 spiro atoms. The van der Waals surface area contributed by atoms with Crippen molar-refractivity contribution >= 4 is 11.9 Å². The van der Waals surface area contributed by atoms with Gasteiger partial charge in [0.2, 0.25) is 11.9 Å². The molecule has 0 aromatic carbocycles. The molecule has 2 N–H and O–H groups in total. The Morgan fingerprint density at radius 2 is 2.10 bits per heavy atom. The average Bonchev–Trinajstić information content (AvgIpc) is 3.17. The summed E-state index contributed by atoms with van der Waals surface area (Å²) in [4.78, 5) is 19.0.